The minimum atomic E-state index is -0.175. The van der Waals surface area contributed by atoms with Crippen molar-refractivity contribution < 1.29 is 9.53 Å². The van der Waals surface area contributed by atoms with Gasteiger partial charge in [-0.3, -0.25) is 4.79 Å². The molecule has 5 nitrogen and oxygen atoms in total. The Morgan fingerprint density at radius 1 is 1.39 bits per heavy atom. The normalized spacial score (nSPS) is 30.9. The monoisotopic (exact) mass is 255 g/mol. The van der Waals surface area contributed by atoms with E-state index in [1.165, 1.54) is 12.8 Å². The third-order valence-corrected chi connectivity index (χ3v) is 4.54. The van der Waals surface area contributed by atoms with E-state index in [2.05, 4.69) is 24.3 Å². The summed E-state index contributed by atoms with van der Waals surface area (Å²) in [5, 5.41) is 3.08. The van der Waals surface area contributed by atoms with Gasteiger partial charge in [-0.15, -0.1) is 0 Å². The molecule has 1 amide bonds. The molecule has 0 aromatic carbocycles. The number of likely N-dealkylation sites (N-methyl/N-ethyl adjacent to an activating group) is 1. The fourth-order valence-corrected chi connectivity index (χ4v) is 3.04. The Morgan fingerprint density at radius 3 is 2.56 bits per heavy atom. The topological polar surface area (TPSA) is 67.6 Å². The molecule has 0 aromatic heterocycles. The quantitative estimate of drug-likeness (QED) is 0.739. The number of nitrogens with one attached hydrogen (secondary N) is 1. The number of carbonyl (C=O) groups is 1. The fourth-order valence-electron chi connectivity index (χ4n) is 3.04. The first-order chi connectivity index (χ1) is 8.55. The van der Waals surface area contributed by atoms with Crippen molar-refractivity contribution in [3.05, 3.63) is 0 Å². The second-order valence-electron chi connectivity index (χ2n) is 5.85. The first kappa shape index (κ1) is 13.8. The summed E-state index contributed by atoms with van der Waals surface area (Å²) in [6.07, 6.45) is 4.82. The molecule has 3 N–H and O–H groups in total. The zero-order chi connectivity index (χ0) is 13.2. The van der Waals surface area contributed by atoms with Gasteiger partial charge in [0.2, 0.25) is 5.91 Å². The van der Waals surface area contributed by atoms with Crippen molar-refractivity contribution in [1.82, 2.24) is 10.2 Å². The number of hydrogen-bond acceptors (Lipinski definition) is 4. The van der Waals surface area contributed by atoms with Crippen LogP contribution in [0.15, 0.2) is 0 Å². The average Bonchev–Trinajstić information content (AvgIpc) is 2.95. The van der Waals surface area contributed by atoms with Crippen LogP contribution in [0.1, 0.15) is 25.7 Å². The Bertz CT molecular complexity index is 301. The van der Waals surface area contributed by atoms with E-state index in [1.807, 2.05) is 0 Å². The molecule has 5 heteroatoms. The molecule has 2 aliphatic rings. The molecule has 1 aliphatic heterocycles. The van der Waals surface area contributed by atoms with Crippen LogP contribution in [0.4, 0.5) is 0 Å². The Labute approximate surface area is 109 Å². The van der Waals surface area contributed by atoms with Crippen LogP contribution < -0.4 is 11.1 Å². The van der Waals surface area contributed by atoms with E-state index in [0.717, 1.165) is 19.4 Å². The van der Waals surface area contributed by atoms with Crippen LogP contribution in [0.5, 0.6) is 0 Å². The maximum absolute atomic E-state index is 12.1. The molecular weight excluding hydrogens is 230 g/mol. The molecule has 2 unspecified atom stereocenters. The lowest BCUT2D eigenvalue weighted by molar-refractivity contribution is -0.125. The molecule has 0 spiro atoms. The molecule has 18 heavy (non-hydrogen) atoms. The SMILES string of the molecule is CN(C)C1(CNC(=O)C2COCC2N)CCCC1. The minimum Gasteiger partial charge on any atom is -0.379 e. The van der Waals surface area contributed by atoms with E-state index in [0.29, 0.717) is 13.2 Å². The molecule has 104 valence electrons. The number of nitrogens with two attached hydrogens (primary N) is 1. The Balaban J connectivity index is 1.88. The van der Waals surface area contributed by atoms with Crippen molar-refractivity contribution in [3.8, 4) is 0 Å². The Hall–Kier alpha value is -0.650. The highest BCUT2D eigenvalue weighted by Crippen LogP contribution is 2.33. The van der Waals surface area contributed by atoms with Gasteiger partial charge in [0.15, 0.2) is 0 Å². The molecule has 1 saturated heterocycles. The van der Waals surface area contributed by atoms with Crippen LogP contribution >= 0.6 is 0 Å². The zero-order valence-electron chi connectivity index (χ0n) is 11.4. The van der Waals surface area contributed by atoms with Gasteiger partial charge in [0.05, 0.1) is 19.1 Å². The van der Waals surface area contributed by atoms with Crippen LogP contribution in [-0.4, -0.2) is 56.2 Å². The summed E-state index contributed by atoms with van der Waals surface area (Å²) in [6, 6.07) is -0.149. The van der Waals surface area contributed by atoms with Crippen molar-refractivity contribution in [2.24, 2.45) is 11.7 Å². The van der Waals surface area contributed by atoms with Crippen molar-refractivity contribution in [1.29, 1.82) is 0 Å². The highest BCUT2D eigenvalue weighted by Gasteiger charge is 2.38. The van der Waals surface area contributed by atoms with Gasteiger partial charge in [0.25, 0.3) is 0 Å². The molecule has 1 saturated carbocycles. The number of hydrogen-bond donors (Lipinski definition) is 2. The van der Waals surface area contributed by atoms with E-state index in [9.17, 15) is 4.79 Å². The summed E-state index contributed by atoms with van der Waals surface area (Å²) in [5.74, 6) is -0.126. The van der Waals surface area contributed by atoms with E-state index in [4.69, 9.17) is 10.5 Å². The lowest BCUT2D eigenvalue weighted by atomic mass is 9.95. The summed E-state index contributed by atoms with van der Waals surface area (Å²) in [4.78, 5) is 14.3. The van der Waals surface area contributed by atoms with Gasteiger partial charge in [-0.1, -0.05) is 12.8 Å². The van der Waals surface area contributed by atoms with Crippen LogP contribution in [0, 0.1) is 5.92 Å². The predicted octanol–water partition coefficient (Wildman–Crippen LogP) is -0.0493. The summed E-state index contributed by atoms with van der Waals surface area (Å²) in [6.45, 7) is 1.68. The zero-order valence-corrected chi connectivity index (χ0v) is 11.4. The maximum Gasteiger partial charge on any atom is 0.227 e. The van der Waals surface area contributed by atoms with Crippen LogP contribution in [-0.2, 0) is 9.53 Å². The molecule has 0 bridgehead atoms. The van der Waals surface area contributed by atoms with Gasteiger partial charge < -0.3 is 20.7 Å². The van der Waals surface area contributed by atoms with E-state index < -0.39 is 0 Å². The standard InChI is InChI=1S/C13H25N3O2/c1-16(2)13(5-3-4-6-13)9-15-12(17)10-7-18-8-11(10)14/h10-11H,3-9,14H2,1-2H3,(H,15,17). The second kappa shape index (κ2) is 5.55. The molecule has 2 atom stereocenters. The van der Waals surface area contributed by atoms with Crippen LogP contribution in [0.25, 0.3) is 0 Å². The predicted molar refractivity (Wildman–Crippen MR) is 70.2 cm³/mol. The molecule has 1 aliphatic carbocycles. The second-order valence-corrected chi connectivity index (χ2v) is 5.85. The lowest BCUT2D eigenvalue weighted by Crippen LogP contribution is -2.53. The summed E-state index contributed by atoms with van der Waals surface area (Å²) in [7, 11) is 4.20. The molecule has 2 fully saturated rings. The highest BCUT2D eigenvalue weighted by atomic mass is 16.5. The number of nitrogens with zero attached hydrogens (tertiary/aromatic N) is 1. The van der Waals surface area contributed by atoms with Crippen molar-refractivity contribution in [3.63, 3.8) is 0 Å². The summed E-state index contributed by atoms with van der Waals surface area (Å²) >= 11 is 0. The van der Waals surface area contributed by atoms with Gasteiger partial charge >= 0.3 is 0 Å². The molecule has 1 heterocycles. The van der Waals surface area contributed by atoms with Gasteiger partial charge in [-0.2, -0.15) is 0 Å². The molecule has 2 rings (SSSR count). The van der Waals surface area contributed by atoms with Crippen molar-refractivity contribution in [2.45, 2.75) is 37.3 Å². The lowest BCUT2D eigenvalue weighted by Gasteiger charge is -2.36. The maximum atomic E-state index is 12.1. The third-order valence-electron chi connectivity index (χ3n) is 4.54. The molecular formula is C13H25N3O2. The van der Waals surface area contributed by atoms with Crippen molar-refractivity contribution in [2.75, 3.05) is 33.9 Å². The summed E-state index contributed by atoms with van der Waals surface area (Å²) < 4.78 is 5.24. The minimum absolute atomic E-state index is 0.0492. The van der Waals surface area contributed by atoms with E-state index in [1.54, 1.807) is 0 Å². The number of rotatable bonds is 4. The van der Waals surface area contributed by atoms with Crippen LogP contribution in [0.3, 0.4) is 0 Å². The first-order valence-electron chi connectivity index (χ1n) is 6.84. The number of ether oxygens (including phenoxy) is 1. The largest absolute Gasteiger partial charge is 0.379 e. The molecule has 0 aromatic rings. The number of carbonyl (C=O) groups excluding carboxylic acids is 1. The highest BCUT2D eigenvalue weighted by molar-refractivity contribution is 5.79. The molecule has 0 radical (unpaired) electrons. The van der Waals surface area contributed by atoms with Gasteiger partial charge in [-0.25, -0.2) is 0 Å². The first-order valence-corrected chi connectivity index (χ1v) is 6.84. The van der Waals surface area contributed by atoms with E-state index in [-0.39, 0.29) is 23.4 Å². The van der Waals surface area contributed by atoms with Crippen molar-refractivity contribution >= 4 is 5.91 Å². The average molecular weight is 255 g/mol. The van der Waals surface area contributed by atoms with Gasteiger partial charge in [0, 0.05) is 18.1 Å². The number of amides is 1. The summed E-state index contributed by atoms with van der Waals surface area (Å²) in [5.41, 5.74) is 6.00. The van der Waals surface area contributed by atoms with Gasteiger partial charge in [0.1, 0.15) is 0 Å². The smallest absolute Gasteiger partial charge is 0.227 e. The van der Waals surface area contributed by atoms with Gasteiger partial charge in [-0.05, 0) is 26.9 Å². The Kier molecular flexibility index (Phi) is 4.25. The Morgan fingerprint density at radius 2 is 2.06 bits per heavy atom. The van der Waals surface area contributed by atoms with Crippen LogP contribution in [0.2, 0.25) is 0 Å². The van der Waals surface area contributed by atoms with E-state index >= 15 is 0 Å². The fraction of sp³-hybridized carbons (Fsp3) is 0.923. The third kappa shape index (κ3) is 2.68.